The number of hydrogen-bond acceptors (Lipinski definition) is 8. The number of thiol groups is 2. The molecule has 4 aromatic rings. The first-order valence-electron chi connectivity index (χ1n) is 9.37. The number of aromatic nitrogens is 4. The molecule has 0 aliphatic carbocycles. The summed E-state index contributed by atoms with van der Waals surface area (Å²) in [5, 5.41) is 0. The van der Waals surface area contributed by atoms with Gasteiger partial charge in [0.05, 0.1) is 0 Å². The molecule has 32 heavy (non-hydrogen) atoms. The Morgan fingerprint density at radius 3 is 1.38 bits per heavy atom. The Bertz CT molecular complexity index is 1020. The maximum atomic E-state index is 11.4. The Morgan fingerprint density at radius 2 is 1.06 bits per heavy atom. The summed E-state index contributed by atoms with van der Waals surface area (Å²) in [5.74, 6) is 0. The van der Waals surface area contributed by atoms with Crippen LogP contribution in [0, 0.1) is 0 Å². The normalized spacial score (nSPS) is 10.1. The molecule has 0 amide bonds. The van der Waals surface area contributed by atoms with Crippen molar-refractivity contribution in [2.75, 3.05) is 0 Å². The standard InChI is InChI=1S/2C11H10N2O2S/c2*14-11(13-6-5-12-8-13)15-7-9-1-3-10(16)4-2-9/h2*1-6,8,16H,7H2. The van der Waals surface area contributed by atoms with Crippen LogP contribution in [0.5, 0.6) is 0 Å². The van der Waals surface area contributed by atoms with Crippen LogP contribution in [-0.4, -0.2) is 31.3 Å². The molecular weight excluding hydrogens is 448 g/mol. The van der Waals surface area contributed by atoms with E-state index < -0.39 is 12.2 Å². The summed E-state index contributed by atoms with van der Waals surface area (Å²) in [4.78, 5) is 32.1. The van der Waals surface area contributed by atoms with Crippen molar-refractivity contribution < 1.29 is 19.1 Å². The van der Waals surface area contributed by atoms with E-state index >= 15 is 0 Å². The Morgan fingerprint density at radius 1 is 0.688 bits per heavy atom. The molecule has 0 spiro atoms. The van der Waals surface area contributed by atoms with Crippen molar-refractivity contribution in [3.63, 3.8) is 0 Å². The summed E-state index contributed by atoms with van der Waals surface area (Å²) in [6, 6.07) is 14.9. The Kier molecular flexibility index (Phi) is 8.52. The number of nitrogens with zero attached hydrogens (tertiary/aromatic N) is 4. The van der Waals surface area contributed by atoms with E-state index in [0.29, 0.717) is 0 Å². The highest BCUT2D eigenvalue weighted by Crippen LogP contribution is 2.10. The van der Waals surface area contributed by atoms with E-state index in [1.165, 1.54) is 34.2 Å². The molecule has 0 aliphatic heterocycles. The quantitative estimate of drug-likeness (QED) is 0.422. The van der Waals surface area contributed by atoms with Crippen molar-refractivity contribution in [2.24, 2.45) is 0 Å². The molecule has 2 heterocycles. The molecule has 2 aromatic carbocycles. The fourth-order valence-corrected chi connectivity index (χ4v) is 2.66. The number of imidazole rings is 2. The molecule has 0 fully saturated rings. The lowest BCUT2D eigenvalue weighted by atomic mass is 10.2. The summed E-state index contributed by atoms with van der Waals surface area (Å²) in [5.41, 5.74) is 1.84. The van der Waals surface area contributed by atoms with Crippen LogP contribution >= 0.6 is 25.3 Å². The lowest BCUT2D eigenvalue weighted by Gasteiger charge is -2.04. The zero-order valence-corrected chi connectivity index (χ0v) is 18.6. The Hall–Kier alpha value is -3.50. The van der Waals surface area contributed by atoms with Crippen molar-refractivity contribution in [3.8, 4) is 0 Å². The van der Waals surface area contributed by atoms with Crippen LogP contribution in [0.15, 0.2) is 95.8 Å². The SMILES string of the molecule is O=C(OCc1ccc(S)cc1)n1ccnc1.O=C(OCc1ccc(S)cc1)n1ccnc1. The van der Waals surface area contributed by atoms with Gasteiger partial charge in [0.25, 0.3) is 0 Å². The summed E-state index contributed by atoms with van der Waals surface area (Å²) in [7, 11) is 0. The number of hydrogen-bond donors (Lipinski definition) is 2. The first-order valence-corrected chi connectivity index (χ1v) is 10.3. The van der Waals surface area contributed by atoms with Crippen molar-refractivity contribution in [2.45, 2.75) is 23.0 Å². The van der Waals surface area contributed by atoms with Gasteiger partial charge in [-0.25, -0.2) is 28.7 Å². The van der Waals surface area contributed by atoms with Crippen molar-refractivity contribution in [1.29, 1.82) is 0 Å². The molecule has 10 heteroatoms. The van der Waals surface area contributed by atoms with Crippen LogP contribution < -0.4 is 0 Å². The monoisotopic (exact) mass is 468 g/mol. The van der Waals surface area contributed by atoms with Crippen molar-refractivity contribution >= 4 is 37.4 Å². The molecule has 0 saturated carbocycles. The van der Waals surface area contributed by atoms with E-state index in [4.69, 9.17) is 9.47 Å². The molecule has 0 N–H and O–H groups in total. The molecule has 2 aromatic heterocycles. The van der Waals surface area contributed by atoms with Gasteiger partial charge in [0.1, 0.15) is 25.9 Å². The summed E-state index contributed by atoms with van der Waals surface area (Å²) >= 11 is 8.34. The minimum atomic E-state index is -0.438. The minimum absolute atomic E-state index is 0.241. The molecule has 0 aliphatic rings. The number of ether oxygens (including phenoxy) is 2. The van der Waals surface area contributed by atoms with Crippen molar-refractivity contribution in [1.82, 2.24) is 19.1 Å². The van der Waals surface area contributed by atoms with Gasteiger partial charge in [0.15, 0.2) is 0 Å². The molecular formula is C22H20N4O4S2. The van der Waals surface area contributed by atoms with Crippen LogP contribution in [0.4, 0.5) is 9.59 Å². The van der Waals surface area contributed by atoms with Crippen molar-refractivity contribution in [3.05, 3.63) is 97.1 Å². The number of benzene rings is 2. The van der Waals surface area contributed by atoms with Gasteiger partial charge in [-0.15, -0.1) is 25.3 Å². The molecule has 4 rings (SSSR count). The van der Waals surface area contributed by atoms with Gasteiger partial charge in [0, 0.05) is 34.6 Å². The highest BCUT2D eigenvalue weighted by molar-refractivity contribution is 7.80. The third-order valence-corrected chi connectivity index (χ3v) is 4.62. The highest BCUT2D eigenvalue weighted by Gasteiger charge is 2.05. The van der Waals surface area contributed by atoms with E-state index in [-0.39, 0.29) is 13.2 Å². The van der Waals surface area contributed by atoms with E-state index in [2.05, 4.69) is 35.2 Å². The molecule has 8 nitrogen and oxygen atoms in total. The largest absolute Gasteiger partial charge is 0.444 e. The summed E-state index contributed by atoms with van der Waals surface area (Å²) in [6.07, 6.45) is 8.06. The third-order valence-electron chi connectivity index (χ3n) is 4.03. The molecule has 0 radical (unpaired) electrons. The van der Waals surface area contributed by atoms with E-state index in [1.54, 1.807) is 12.4 Å². The number of carbonyl (C=O) groups excluding carboxylic acids is 2. The average Bonchev–Trinajstić information content (AvgIpc) is 3.53. The third kappa shape index (κ3) is 7.33. The number of rotatable bonds is 4. The molecule has 164 valence electrons. The highest BCUT2D eigenvalue weighted by atomic mass is 32.1. The lowest BCUT2D eigenvalue weighted by Crippen LogP contribution is -2.11. The smallest absolute Gasteiger partial charge is 0.419 e. The van der Waals surface area contributed by atoms with Gasteiger partial charge in [-0.05, 0) is 35.4 Å². The van der Waals surface area contributed by atoms with Gasteiger partial charge in [-0.2, -0.15) is 0 Å². The van der Waals surface area contributed by atoms with E-state index in [1.807, 2.05) is 48.5 Å². The maximum absolute atomic E-state index is 11.4. The summed E-state index contributed by atoms with van der Waals surface area (Å²) < 4.78 is 12.7. The topological polar surface area (TPSA) is 88.2 Å². The average molecular weight is 469 g/mol. The Labute approximate surface area is 195 Å². The lowest BCUT2D eigenvalue weighted by molar-refractivity contribution is 0.140. The van der Waals surface area contributed by atoms with Crippen LogP contribution in [0.25, 0.3) is 0 Å². The Balaban J connectivity index is 0.000000181. The van der Waals surface area contributed by atoms with E-state index in [0.717, 1.165) is 20.9 Å². The van der Waals surface area contributed by atoms with Gasteiger partial charge in [-0.3, -0.25) is 0 Å². The second kappa shape index (κ2) is 11.8. The molecule has 0 saturated heterocycles. The molecule has 0 unspecified atom stereocenters. The first-order chi connectivity index (χ1) is 15.5. The fraction of sp³-hybridized carbons (Fsp3) is 0.0909. The van der Waals surface area contributed by atoms with Crippen LogP contribution in [-0.2, 0) is 22.7 Å². The predicted molar refractivity (Wildman–Crippen MR) is 123 cm³/mol. The van der Waals surface area contributed by atoms with Crippen LogP contribution in [0.2, 0.25) is 0 Å². The molecule has 0 atom stereocenters. The van der Waals surface area contributed by atoms with Crippen LogP contribution in [0.1, 0.15) is 11.1 Å². The number of carbonyl (C=O) groups is 2. The van der Waals surface area contributed by atoms with Gasteiger partial charge in [-0.1, -0.05) is 24.3 Å². The predicted octanol–water partition coefficient (Wildman–Crippen LogP) is 4.71. The fourth-order valence-electron chi connectivity index (χ4n) is 2.36. The van der Waals surface area contributed by atoms with Gasteiger partial charge >= 0.3 is 12.2 Å². The second-order valence-corrected chi connectivity index (χ2v) is 7.41. The molecule has 0 bridgehead atoms. The second-order valence-electron chi connectivity index (χ2n) is 6.38. The first kappa shape index (κ1) is 23.2. The summed E-state index contributed by atoms with van der Waals surface area (Å²) in [6.45, 7) is 0.482. The van der Waals surface area contributed by atoms with Gasteiger partial charge in [0.2, 0.25) is 0 Å². The van der Waals surface area contributed by atoms with Crippen LogP contribution in [0.3, 0.4) is 0 Å². The maximum Gasteiger partial charge on any atom is 0.419 e. The zero-order chi connectivity index (χ0) is 22.8. The minimum Gasteiger partial charge on any atom is -0.444 e. The van der Waals surface area contributed by atoms with E-state index in [9.17, 15) is 9.59 Å². The van der Waals surface area contributed by atoms with Gasteiger partial charge < -0.3 is 9.47 Å². The zero-order valence-electron chi connectivity index (χ0n) is 16.8.